The van der Waals surface area contributed by atoms with E-state index in [0.717, 1.165) is 11.1 Å². The van der Waals surface area contributed by atoms with Crippen LogP contribution in [-0.2, 0) is 27.0 Å². The Labute approximate surface area is 262 Å². The number of carbonyl (C=O) groups excluding carboxylic acids is 3. The first-order valence-electron chi connectivity index (χ1n) is 15.1. The van der Waals surface area contributed by atoms with E-state index in [9.17, 15) is 19.5 Å². The van der Waals surface area contributed by atoms with Gasteiger partial charge in [0.05, 0.1) is 25.2 Å². The molecular weight excluding hydrogens is 578 g/mol. The highest BCUT2D eigenvalue weighted by Gasteiger charge is 2.43. The van der Waals surface area contributed by atoms with Crippen LogP contribution in [0.4, 0.5) is 4.79 Å². The lowest BCUT2D eigenvalue weighted by Gasteiger charge is -2.38. The van der Waals surface area contributed by atoms with E-state index in [2.05, 4.69) is 44.5 Å². The summed E-state index contributed by atoms with van der Waals surface area (Å²) < 4.78 is 17.4. The number of likely N-dealkylation sites (tertiary alicyclic amines) is 1. The molecule has 242 valence electrons. The molecule has 0 aromatic heterocycles. The number of hydrogen-bond donors (Lipinski definition) is 3. The first kappa shape index (κ1) is 35.1. The molecule has 1 saturated heterocycles. The number of aliphatic hydroxyl groups is 1. The van der Waals surface area contributed by atoms with E-state index in [-0.39, 0.29) is 42.5 Å². The van der Waals surface area contributed by atoms with Crippen LogP contribution in [0.1, 0.15) is 69.4 Å². The summed E-state index contributed by atoms with van der Waals surface area (Å²) in [4.78, 5) is 38.8. The molecule has 0 unspecified atom stereocenters. The van der Waals surface area contributed by atoms with Crippen molar-refractivity contribution in [2.24, 2.45) is 0 Å². The zero-order chi connectivity index (χ0) is 32.7. The monoisotopic (exact) mass is 627 g/mol. The van der Waals surface area contributed by atoms with Gasteiger partial charge in [-0.1, -0.05) is 45.0 Å². The van der Waals surface area contributed by atoms with Gasteiger partial charge < -0.3 is 34.5 Å². The number of nitrogens with one attached hydrogen (secondary N) is 2. The molecule has 3 rings (SSSR count). The van der Waals surface area contributed by atoms with Gasteiger partial charge in [-0.3, -0.25) is 9.59 Å². The number of β-amino-alcohol motifs (C(OH)–C–C–N with tert-alkyl or cyclic N) is 1. The molecule has 1 fully saturated rings. The third-order valence-corrected chi connectivity index (χ3v) is 12.4. The van der Waals surface area contributed by atoms with E-state index in [1.54, 1.807) is 62.1 Å². The zero-order valence-corrected chi connectivity index (χ0v) is 28.4. The van der Waals surface area contributed by atoms with Crippen LogP contribution in [0, 0.1) is 0 Å². The van der Waals surface area contributed by atoms with E-state index in [1.807, 2.05) is 12.1 Å². The van der Waals surface area contributed by atoms with Gasteiger partial charge in [-0.25, -0.2) is 4.79 Å². The SMILES string of the molecule is CC(C)(C)OC(=O)NCc1ccc(C(=O)NCc2ccc(OCCC(=O)N3C[C@@H](O)[C@@H](O[Si](C)(C)C(C)(C)C)C3)cc2)cc1. The van der Waals surface area contributed by atoms with Crippen molar-refractivity contribution in [2.45, 2.75) is 97.0 Å². The molecule has 2 atom stereocenters. The minimum atomic E-state index is -2.06. The van der Waals surface area contributed by atoms with Crippen LogP contribution in [0.15, 0.2) is 48.5 Å². The Kier molecular flexibility index (Phi) is 11.6. The first-order valence-corrected chi connectivity index (χ1v) is 18.0. The number of amides is 3. The summed E-state index contributed by atoms with van der Waals surface area (Å²) in [5.74, 6) is 0.348. The van der Waals surface area contributed by atoms with Crippen molar-refractivity contribution in [1.82, 2.24) is 15.5 Å². The average Bonchev–Trinajstić information content (AvgIpc) is 3.29. The van der Waals surface area contributed by atoms with Crippen molar-refractivity contribution in [2.75, 3.05) is 19.7 Å². The number of hydrogen-bond acceptors (Lipinski definition) is 7. The van der Waals surface area contributed by atoms with E-state index < -0.39 is 26.1 Å². The van der Waals surface area contributed by atoms with Crippen molar-refractivity contribution in [3.05, 3.63) is 65.2 Å². The minimum Gasteiger partial charge on any atom is -0.493 e. The second kappa shape index (κ2) is 14.6. The van der Waals surface area contributed by atoms with Gasteiger partial charge in [0.2, 0.25) is 5.91 Å². The molecule has 0 spiro atoms. The Morgan fingerprint density at radius 2 is 1.45 bits per heavy atom. The molecule has 0 bridgehead atoms. The summed E-state index contributed by atoms with van der Waals surface area (Å²) in [6.45, 7) is 17.7. The number of alkyl carbamates (subject to hydrolysis) is 1. The van der Waals surface area contributed by atoms with Crippen LogP contribution in [-0.4, -0.2) is 73.7 Å². The Bertz CT molecular complexity index is 1270. The maximum Gasteiger partial charge on any atom is 0.407 e. The van der Waals surface area contributed by atoms with Crippen molar-refractivity contribution in [3.8, 4) is 5.75 Å². The topological polar surface area (TPSA) is 126 Å². The molecule has 11 heteroatoms. The number of aliphatic hydroxyl groups excluding tert-OH is 1. The van der Waals surface area contributed by atoms with Gasteiger partial charge in [-0.2, -0.15) is 0 Å². The quantitative estimate of drug-likeness (QED) is 0.299. The fourth-order valence-electron chi connectivity index (χ4n) is 4.30. The highest BCUT2D eigenvalue weighted by molar-refractivity contribution is 6.74. The van der Waals surface area contributed by atoms with E-state index in [0.29, 0.717) is 30.9 Å². The molecule has 1 aliphatic heterocycles. The van der Waals surface area contributed by atoms with Crippen LogP contribution in [0.2, 0.25) is 18.1 Å². The Balaban J connectivity index is 1.38. The molecule has 2 aromatic carbocycles. The highest BCUT2D eigenvalue weighted by Crippen LogP contribution is 2.38. The maximum atomic E-state index is 12.8. The third-order valence-electron chi connectivity index (χ3n) is 7.85. The molecule has 3 N–H and O–H groups in total. The van der Waals surface area contributed by atoms with Crippen molar-refractivity contribution < 1.29 is 33.4 Å². The van der Waals surface area contributed by atoms with Gasteiger partial charge in [-0.05, 0) is 74.3 Å². The summed E-state index contributed by atoms with van der Waals surface area (Å²) in [6.07, 6.45) is -1.34. The van der Waals surface area contributed by atoms with E-state index in [1.165, 1.54) is 0 Å². The Morgan fingerprint density at radius 1 is 0.886 bits per heavy atom. The second-order valence-electron chi connectivity index (χ2n) is 13.8. The first-order chi connectivity index (χ1) is 20.4. The maximum absolute atomic E-state index is 12.8. The van der Waals surface area contributed by atoms with Gasteiger partial charge in [-0.15, -0.1) is 0 Å². The lowest BCUT2D eigenvalue weighted by Crippen LogP contribution is -2.47. The zero-order valence-electron chi connectivity index (χ0n) is 27.4. The third kappa shape index (κ3) is 10.6. The number of carbonyl (C=O) groups is 3. The molecule has 10 nitrogen and oxygen atoms in total. The van der Waals surface area contributed by atoms with Crippen LogP contribution < -0.4 is 15.4 Å². The van der Waals surface area contributed by atoms with Gasteiger partial charge in [0.1, 0.15) is 11.4 Å². The minimum absolute atomic E-state index is 0.0239. The lowest BCUT2D eigenvalue weighted by molar-refractivity contribution is -0.131. The Hall–Kier alpha value is -3.41. The van der Waals surface area contributed by atoms with Gasteiger partial charge in [0, 0.05) is 31.7 Å². The van der Waals surface area contributed by atoms with Crippen molar-refractivity contribution in [3.63, 3.8) is 0 Å². The molecule has 2 aromatic rings. The molecule has 0 aliphatic carbocycles. The van der Waals surface area contributed by atoms with E-state index in [4.69, 9.17) is 13.9 Å². The largest absolute Gasteiger partial charge is 0.493 e. The number of benzene rings is 2. The molecular formula is C33H49N3O7Si. The van der Waals surface area contributed by atoms with Crippen LogP contribution in [0.25, 0.3) is 0 Å². The molecule has 3 amide bonds. The highest BCUT2D eigenvalue weighted by atomic mass is 28.4. The smallest absolute Gasteiger partial charge is 0.407 e. The summed E-state index contributed by atoms with van der Waals surface area (Å²) >= 11 is 0. The van der Waals surface area contributed by atoms with Crippen molar-refractivity contribution >= 4 is 26.2 Å². The van der Waals surface area contributed by atoms with E-state index >= 15 is 0 Å². The predicted octanol–water partition coefficient (Wildman–Crippen LogP) is 5.00. The second-order valence-corrected chi connectivity index (χ2v) is 18.5. The summed E-state index contributed by atoms with van der Waals surface area (Å²) in [5, 5.41) is 16.1. The standard InChI is InChI=1S/C33H49N3O7Si/c1-32(2,3)42-31(40)35-20-23-9-13-25(14-10-23)30(39)34-19-24-11-15-26(16-12-24)41-18-17-29(38)36-21-27(37)28(22-36)43-44(7,8)33(4,5)6/h9-16,27-28,37H,17-22H2,1-8H3,(H,34,39)(H,35,40)/t27-,28+/m1/s1. The molecule has 1 aliphatic rings. The molecule has 1 heterocycles. The van der Waals surface area contributed by atoms with Crippen LogP contribution in [0.3, 0.4) is 0 Å². The molecule has 0 saturated carbocycles. The van der Waals surface area contributed by atoms with Crippen LogP contribution in [0.5, 0.6) is 5.75 Å². The fourth-order valence-corrected chi connectivity index (χ4v) is 5.64. The predicted molar refractivity (Wildman–Crippen MR) is 172 cm³/mol. The molecule has 44 heavy (non-hydrogen) atoms. The number of rotatable bonds is 11. The van der Waals surface area contributed by atoms with Gasteiger partial charge in [0.25, 0.3) is 5.91 Å². The summed E-state index contributed by atoms with van der Waals surface area (Å²) in [5.41, 5.74) is 1.70. The summed E-state index contributed by atoms with van der Waals surface area (Å²) in [7, 11) is -2.06. The van der Waals surface area contributed by atoms with Gasteiger partial charge >= 0.3 is 6.09 Å². The van der Waals surface area contributed by atoms with Crippen LogP contribution >= 0.6 is 0 Å². The number of nitrogens with zero attached hydrogens (tertiary/aromatic N) is 1. The fraction of sp³-hybridized carbons (Fsp3) is 0.545. The normalized spacial score (nSPS) is 17.2. The Morgan fingerprint density at radius 3 is 2.02 bits per heavy atom. The molecule has 0 radical (unpaired) electrons. The number of ether oxygens (including phenoxy) is 2. The van der Waals surface area contributed by atoms with Gasteiger partial charge in [0.15, 0.2) is 8.32 Å². The average molecular weight is 628 g/mol. The van der Waals surface area contributed by atoms with Crippen molar-refractivity contribution in [1.29, 1.82) is 0 Å². The lowest BCUT2D eigenvalue weighted by atomic mass is 10.1. The summed E-state index contributed by atoms with van der Waals surface area (Å²) in [6, 6.07) is 14.3.